The van der Waals surface area contributed by atoms with Crippen LogP contribution in [0.25, 0.3) is 6.08 Å². The Hall–Kier alpha value is -3.13. The van der Waals surface area contributed by atoms with Crippen molar-refractivity contribution in [2.45, 2.75) is 13.0 Å². The molecule has 0 bridgehead atoms. The van der Waals surface area contributed by atoms with Crippen molar-refractivity contribution >= 4 is 39.8 Å². The van der Waals surface area contributed by atoms with Gasteiger partial charge in [0.1, 0.15) is 11.4 Å². The number of aliphatic carboxylic acids is 1. The number of amides is 2. The van der Waals surface area contributed by atoms with Crippen LogP contribution in [0.2, 0.25) is 0 Å². The summed E-state index contributed by atoms with van der Waals surface area (Å²) >= 11 is 3.29. The van der Waals surface area contributed by atoms with Crippen LogP contribution in [0, 0.1) is 0 Å². The molecule has 0 aliphatic heterocycles. The van der Waals surface area contributed by atoms with Crippen LogP contribution < -0.4 is 20.5 Å². The highest BCUT2D eigenvalue weighted by Gasteiger charge is 2.18. The average molecular weight is 446 g/mol. The van der Waals surface area contributed by atoms with Gasteiger partial charge in [0.15, 0.2) is 0 Å². The van der Waals surface area contributed by atoms with Gasteiger partial charge in [0.25, 0.3) is 11.8 Å². The molecule has 0 aromatic heterocycles. The second-order valence-electron chi connectivity index (χ2n) is 5.78. The highest BCUT2D eigenvalue weighted by atomic mass is 79.9. The number of ether oxygens (including phenoxy) is 1. The van der Waals surface area contributed by atoms with Crippen LogP contribution in [0.1, 0.15) is 22.8 Å². The normalized spacial score (nSPS) is 12.0. The molecule has 0 saturated heterocycles. The third-order valence-corrected chi connectivity index (χ3v) is 4.43. The van der Waals surface area contributed by atoms with Crippen molar-refractivity contribution in [1.82, 2.24) is 10.6 Å². The summed E-state index contributed by atoms with van der Waals surface area (Å²) in [7, 11) is 1.53. The molecule has 8 heteroatoms. The van der Waals surface area contributed by atoms with Crippen LogP contribution in [-0.2, 0) is 9.59 Å². The quantitative estimate of drug-likeness (QED) is 0.627. The van der Waals surface area contributed by atoms with E-state index in [4.69, 9.17) is 4.74 Å². The number of hydrogen-bond donors (Lipinski definition) is 2. The first kappa shape index (κ1) is 21.2. The maximum absolute atomic E-state index is 12.6. The molecule has 2 N–H and O–H groups in total. The number of halogens is 1. The Morgan fingerprint density at radius 3 is 2.32 bits per heavy atom. The predicted molar refractivity (Wildman–Crippen MR) is 105 cm³/mol. The zero-order valence-electron chi connectivity index (χ0n) is 15.2. The number of hydrogen-bond acceptors (Lipinski definition) is 5. The van der Waals surface area contributed by atoms with Crippen LogP contribution in [-0.4, -0.2) is 30.9 Å². The van der Waals surface area contributed by atoms with Crippen molar-refractivity contribution < 1.29 is 24.2 Å². The van der Waals surface area contributed by atoms with E-state index >= 15 is 0 Å². The summed E-state index contributed by atoms with van der Waals surface area (Å²) in [5, 5.41) is 15.7. The lowest BCUT2D eigenvalue weighted by Gasteiger charge is -2.17. The number of carboxylic acids is 1. The van der Waals surface area contributed by atoms with Gasteiger partial charge in [-0.25, -0.2) is 0 Å². The Morgan fingerprint density at radius 1 is 1.11 bits per heavy atom. The maximum atomic E-state index is 12.6. The number of carbonyl (C=O) groups is 3. The Balaban J connectivity index is 2.33. The molecule has 0 spiro atoms. The van der Waals surface area contributed by atoms with Crippen molar-refractivity contribution in [3.05, 3.63) is 69.8 Å². The van der Waals surface area contributed by atoms with Crippen molar-refractivity contribution in [2.75, 3.05) is 7.11 Å². The maximum Gasteiger partial charge on any atom is 0.268 e. The van der Waals surface area contributed by atoms with Gasteiger partial charge in [-0.05, 0) is 58.8 Å². The number of carbonyl (C=O) groups excluding carboxylic acids is 3. The third-order valence-electron chi connectivity index (χ3n) is 3.74. The van der Waals surface area contributed by atoms with E-state index in [1.165, 1.54) is 20.1 Å². The molecule has 0 aliphatic carbocycles. The molecular formula is C20H18BrN2O5-. The van der Waals surface area contributed by atoms with Crippen molar-refractivity contribution in [3.8, 4) is 5.75 Å². The molecule has 28 heavy (non-hydrogen) atoms. The molecule has 0 aliphatic rings. The van der Waals surface area contributed by atoms with Crippen molar-refractivity contribution in [1.29, 1.82) is 0 Å². The molecular weight excluding hydrogens is 428 g/mol. The first-order valence-corrected chi connectivity index (χ1v) is 9.04. The smallest absolute Gasteiger partial charge is 0.268 e. The van der Waals surface area contributed by atoms with Gasteiger partial charge >= 0.3 is 0 Å². The number of carboxylic acid groups (broad SMARTS) is 1. The Morgan fingerprint density at radius 2 is 1.75 bits per heavy atom. The third kappa shape index (κ3) is 5.68. The first-order valence-electron chi connectivity index (χ1n) is 8.25. The Kier molecular flexibility index (Phi) is 7.34. The summed E-state index contributed by atoms with van der Waals surface area (Å²) < 4.78 is 5.64. The van der Waals surface area contributed by atoms with Gasteiger partial charge < -0.3 is 25.3 Å². The van der Waals surface area contributed by atoms with Crippen molar-refractivity contribution in [3.63, 3.8) is 0 Å². The van der Waals surface area contributed by atoms with Gasteiger partial charge in [0.05, 0.1) is 24.7 Å². The lowest BCUT2D eigenvalue weighted by molar-refractivity contribution is -0.307. The zero-order valence-corrected chi connectivity index (χ0v) is 16.8. The molecule has 0 radical (unpaired) electrons. The monoisotopic (exact) mass is 445 g/mol. The van der Waals surface area contributed by atoms with E-state index in [0.29, 0.717) is 21.3 Å². The minimum absolute atomic E-state index is 0.112. The molecule has 0 unspecified atom stereocenters. The molecule has 0 saturated carbocycles. The topological polar surface area (TPSA) is 108 Å². The fraction of sp³-hybridized carbons (Fsp3) is 0.150. The van der Waals surface area contributed by atoms with Gasteiger partial charge in [-0.2, -0.15) is 0 Å². The fourth-order valence-electron chi connectivity index (χ4n) is 2.19. The molecule has 1 atom stereocenters. The van der Waals surface area contributed by atoms with E-state index in [-0.39, 0.29) is 5.70 Å². The summed E-state index contributed by atoms with van der Waals surface area (Å²) in [6.07, 6.45) is 1.44. The molecule has 2 aromatic rings. The number of rotatable bonds is 7. The lowest BCUT2D eigenvalue weighted by atomic mass is 10.1. The highest BCUT2D eigenvalue weighted by Crippen LogP contribution is 2.17. The molecule has 2 rings (SSSR count). The van der Waals surface area contributed by atoms with Gasteiger partial charge in [-0.15, -0.1) is 0 Å². The number of methoxy groups -OCH3 is 1. The Labute approximate surface area is 170 Å². The summed E-state index contributed by atoms with van der Waals surface area (Å²) in [6.45, 7) is 1.27. The van der Waals surface area contributed by atoms with E-state index in [1.807, 2.05) is 0 Å². The van der Waals surface area contributed by atoms with E-state index in [1.54, 1.807) is 48.5 Å². The molecule has 2 amide bonds. The van der Waals surface area contributed by atoms with Crippen molar-refractivity contribution in [2.24, 2.45) is 0 Å². The molecule has 0 fully saturated rings. The standard InChI is InChI=1S/C20H19BrN2O5/c1-12(20(26)27)22-19(25)17(11-13-7-9-14(28-2)10-8-13)23-18(24)15-5-3-4-6-16(15)21/h3-12H,1-2H3,(H,22,25)(H,23,24)(H,26,27)/p-1/b17-11-/t12-/m0/s1. The van der Waals surface area contributed by atoms with Gasteiger partial charge in [0.2, 0.25) is 0 Å². The zero-order chi connectivity index (χ0) is 20.7. The summed E-state index contributed by atoms with van der Waals surface area (Å²) in [4.78, 5) is 36.0. The predicted octanol–water partition coefficient (Wildman–Crippen LogP) is 1.48. The van der Waals surface area contributed by atoms with Crippen LogP contribution in [0.15, 0.2) is 58.7 Å². The summed E-state index contributed by atoms with van der Waals surface area (Å²) in [5.74, 6) is -2.09. The van der Waals surface area contributed by atoms with Gasteiger partial charge in [-0.1, -0.05) is 24.3 Å². The minimum atomic E-state index is -1.44. The van der Waals surface area contributed by atoms with Crippen LogP contribution in [0.3, 0.4) is 0 Å². The second kappa shape index (κ2) is 9.70. The summed E-state index contributed by atoms with van der Waals surface area (Å²) in [5.41, 5.74) is 0.822. The highest BCUT2D eigenvalue weighted by molar-refractivity contribution is 9.10. The van der Waals surface area contributed by atoms with Crippen LogP contribution in [0.4, 0.5) is 0 Å². The van der Waals surface area contributed by atoms with E-state index < -0.39 is 23.8 Å². The average Bonchev–Trinajstić information content (AvgIpc) is 2.68. The van der Waals surface area contributed by atoms with E-state index in [0.717, 1.165) is 0 Å². The second-order valence-corrected chi connectivity index (χ2v) is 6.63. The Bertz CT molecular complexity index is 909. The minimum Gasteiger partial charge on any atom is -0.548 e. The fourth-order valence-corrected chi connectivity index (χ4v) is 2.66. The van der Waals surface area contributed by atoms with E-state index in [9.17, 15) is 19.5 Å². The van der Waals surface area contributed by atoms with Crippen LogP contribution >= 0.6 is 15.9 Å². The summed E-state index contributed by atoms with van der Waals surface area (Å²) in [6, 6.07) is 12.3. The van der Waals surface area contributed by atoms with Gasteiger partial charge in [0, 0.05) is 4.47 Å². The molecule has 7 nitrogen and oxygen atoms in total. The number of nitrogens with one attached hydrogen (secondary N) is 2. The largest absolute Gasteiger partial charge is 0.548 e. The molecule has 2 aromatic carbocycles. The van der Waals surface area contributed by atoms with Gasteiger partial charge in [-0.3, -0.25) is 9.59 Å². The molecule has 146 valence electrons. The number of benzene rings is 2. The molecule has 0 heterocycles. The van der Waals surface area contributed by atoms with E-state index in [2.05, 4.69) is 26.6 Å². The van der Waals surface area contributed by atoms with Crippen LogP contribution in [0.5, 0.6) is 5.75 Å². The first-order chi connectivity index (χ1) is 13.3. The lowest BCUT2D eigenvalue weighted by Crippen LogP contribution is -2.48. The SMILES string of the molecule is COc1ccc(/C=C(\NC(=O)c2ccccc2Br)C(=O)N[C@@H](C)C(=O)[O-])cc1.